The average Bonchev–Trinajstić information content (AvgIpc) is 3.20. The van der Waals surface area contributed by atoms with Crippen LogP contribution in [0.1, 0.15) is 42.0 Å². The number of hydrogen-bond donors (Lipinski definition) is 2. The number of aromatic nitrogens is 2. The molecule has 0 bridgehead atoms. The van der Waals surface area contributed by atoms with Gasteiger partial charge in [0.15, 0.2) is 5.60 Å². The fraction of sp³-hybridized carbons (Fsp3) is 0.333. The Morgan fingerprint density at radius 3 is 2.91 bits per heavy atom. The number of aliphatic hydroxyl groups excluding tert-OH is 1. The van der Waals surface area contributed by atoms with E-state index in [2.05, 4.69) is 5.16 Å². The molecule has 1 aromatic carbocycles. The number of aliphatic hydroxyl groups is 2. The van der Waals surface area contributed by atoms with Crippen molar-refractivity contribution in [3.63, 3.8) is 0 Å². The zero-order chi connectivity index (χ0) is 23.2. The molecule has 170 valence electrons. The summed E-state index contributed by atoms with van der Waals surface area (Å²) in [5.41, 5.74) is 1.81. The van der Waals surface area contributed by atoms with Gasteiger partial charge in [0, 0.05) is 35.1 Å². The van der Waals surface area contributed by atoms with Gasteiger partial charge in [-0.05, 0) is 18.6 Å². The molecule has 0 radical (unpaired) electrons. The van der Waals surface area contributed by atoms with E-state index in [-0.39, 0.29) is 49.5 Å². The minimum atomic E-state index is -1.87. The smallest absolute Gasteiger partial charge is 0.343 e. The molecule has 3 aromatic rings. The van der Waals surface area contributed by atoms with Crippen LogP contribution in [0.25, 0.3) is 22.3 Å². The van der Waals surface area contributed by atoms with Gasteiger partial charge in [0.2, 0.25) is 0 Å². The molecule has 0 fully saturated rings. The Labute approximate surface area is 188 Å². The van der Waals surface area contributed by atoms with Gasteiger partial charge in [-0.15, -0.1) is 0 Å². The Hall–Kier alpha value is -3.56. The highest BCUT2D eigenvalue weighted by Crippen LogP contribution is 2.39. The first-order chi connectivity index (χ1) is 16.0. The first-order valence-corrected chi connectivity index (χ1v) is 10.8. The highest BCUT2D eigenvalue weighted by atomic mass is 16.6. The van der Waals surface area contributed by atoms with Crippen molar-refractivity contribution in [2.75, 3.05) is 13.2 Å². The number of rotatable bonds is 6. The summed E-state index contributed by atoms with van der Waals surface area (Å²) in [6.07, 6.45) is 2.16. The van der Waals surface area contributed by atoms with Crippen LogP contribution in [0.5, 0.6) is 0 Å². The van der Waals surface area contributed by atoms with Crippen molar-refractivity contribution in [3.8, 4) is 11.4 Å². The Morgan fingerprint density at radius 2 is 2.12 bits per heavy atom. The van der Waals surface area contributed by atoms with Crippen LogP contribution in [0.15, 0.2) is 40.3 Å². The Balaban J connectivity index is 1.70. The van der Waals surface area contributed by atoms with Crippen molar-refractivity contribution in [1.82, 2.24) is 9.55 Å². The molecule has 1 atom stereocenters. The summed E-state index contributed by atoms with van der Waals surface area (Å²) in [5.74, 6) is -0.751. The lowest BCUT2D eigenvalue weighted by Crippen LogP contribution is -2.44. The SMILES string of the molecule is CC[C@@]1(O)C(=O)OCc2c1cc1n(c2=O)Cc2c-1nc1ccccc1c2/C=N\OCCCO. The Morgan fingerprint density at radius 1 is 1.30 bits per heavy atom. The number of ether oxygens (including phenoxy) is 1. The minimum Gasteiger partial charge on any atom is -0.458 e. The second-order valence-electron chi connectivity index (χ2n) is 8.12. The summed E-state index contributed by atoms with van der Waals surface area (Å²) in [6.45, 7) is 2.07. The van der Waals surface area contributed by atoms with Crippen molar-refractivity contribution in [1.29, 1.82) is 0 Å². The van der Waals surface area contributed by atoms with Gasteiger partial charge in [-0.3, -0.25) is 4.79 Å². The summed E-state index contributed by atoms with van der Waals surface area (Å²) in [5, 5.41) is 24.9. The van der Waals surface area contributed by atoms with Crippen molar-refractivity contribution in [2.24, 2.45) is 5.16 Å². The number of nitrogens with zero attached hydrogens (tertiary/aromatic N) is 3. The van der Waals surface area contributed by atoms with E-state index in [1.165, 1.54) is 0 Å². The Bertz CT molecular complexity index is 1360. The zero-order valence-corrected chi connectivity index (χ0v) is 18.1. The van der Waals surface area contributed by atoms with Crippen LogP contribution in [0.2, 0.25) is 0 Å². The molecule has 9 nitrogen and oxygen atoms in total. The predicted octanol–water partition coefficient (Wildman–Crippen LogP) is 1.81. The number of hydrogen-bond acceptors (Lipinski definition) is 8. The van der Waals surface area contributed by atoms with E-state index < -0.39 is 11.6 Å². The highest BCUT2D eigenvalue weighted by Gasteiger charge is 2.45. The molecule has 2 N–H and O–H groups in total. The molecule has 0 unspecified atom stereocenters. The molecule has 0 saturated heterocycles. The number of pyridine rings is 2. The summed E-state index contributed by atoms with van der Waals surface area (Å²) in [4.78, 5) is 35.8. The summed E-state index contributed by atoms with van der Waals surface area (Å²) in [7, 11) is 0. The summed E-state index contributed by atoms with van der Waals surface area (Å²) in [6, 6.07) is 9.26. The largest absolute Gasteiger partial charge is 0.458 e. The molecule has 5 rings (SSSR count). The number of esters is 1. The number of cyclic esters (lactones) is 1. The first kappa shape index (κ1) is 21.3. The topological polar surface area (TPSA) is 123 Å². The fourth-order valence-corrected chi connectivity index (χ4v) is 4.48. The molecule has 9 heteroatoms. The minimum absolute atomic E-state index is 0.0162. The van der Waals surface area contributed by atoms with Crippen molar-refractivity contribution < 1.29 is 24.6 Å². The highest BCUT2D eigenvalue weighted by molar-refractivity contribution is 6.02. The second kappa shape index (κ2) is 8.09. The number of benzene rings is 1. The molecular formula is C24H23N3O6. The van der Waals surface area contributed by atoms with Crippen LogP contribution in [0.3, 0.4) is 0 Å². The third-order valence-corrected chi connectivity index (χ3v) is 6.29. The van der Waals surface area contributed by atoms with Crippen LogP contribution in [-0.2, 0) is 33.1 Å². The van der Waals surface area contributed by atoms with Crippen LogP contribution in [0, 0.1) is 0 Å². The van der Waals surface area contributed by atoms with Gasteiger partial charge in [-0.25, -0.2) is 9.78 Å². The van der Waals surface area contributed by atoms with Gasteiger partial charge in [0.05, 0.1) is 35.2 Å². The van der Waals surface area contributed by atoms with Crippen LogP contribution in [-0.4, -0.2) is 45.2 Å². The van der Waals surface area contributed by atoms with E-state index in [9.17, 15) is 14.7 Å². The molecule has 0 spiro atoms. The maximum absolute atomic E-state index is 13.4. The standard InChI is InChI=1S/C24H23N3O6/c1-2-24(31)18-10-20-21-16(12-27(20)22(29)17(18)13-32-23(24)30)15(11-25-33-9-5-8-28)14-6-3-4-7-19(14)26-21/h3-4,6-7,10-11,28,31H,2,5,8-9,12-13H2,1H3/b25-11-/t24-/m0/s1. The molecule has 0 saturated carbocycles. The third kappa shape index (κ3) is 3.23. The number of fused-ring (bicyclic) bond motifs is 5. The molecule has 0 amide bonds. The first-order valence-electron chi connectivity index (χ1n) is 10.8. The third-order valence-electron chi connectivity index (χ3n) is 6.29. The number of para-hydroxylation sites is 1. The molecule has 0 aliphatic carbocycles. The summed E-state index contributed by atoms with van der Waals surface area (Å²) >= 11 is 0. The monoisotopic (exact) mass is 449 g/mol. The van der Waals surface area contributed by atoms with E-state index in [1.807, 2.05) is 24.3 Å². The quantitative estimate of drug-likeness (QED) is 0.199. The van der Waals surface area contributed by atoms with Gasteiger partial charge in [0.25, 0.3) is 5.56 Å². The number of carbonyl (C=O) groups excluding carboxylic acids is 1. The van der Waals surface area contributed by atoms with Gasteiger partial charge >= 0.3 is 5.97 Å². The van der Waals surface area contributed by atoms with Crippen molar-refractivity contribution in [2.45, 2.75) is 38.5 Å². The van der Waals surface area contributed by atoms with Gasteiger partial charge < -0.3 is 24.4 Å². The van der Waals surface area contributed by atoms with E-state index in [1.54, 1.807) is 23.8 Å². The van der Waals surface area contributed by atoms with Gasteiger partial charge in [-0.2, -0.15) is 0 Å². The fourth-order valence-electron chi connectivity index (χ4n) is 4.48. The van der Waals surface area contributed by atoms with E-state index in [4.69, 9.17) is 19.7 Å². The zero-order valence-electron chi connectivity index (χ0n) is 18.1. The lowest BCUT2D eigenvalue weighted by Gasteiger charge is -2.31. The van der Waals surface area contributed by atoms with Crippen LogP contribution < -0.4 is 5.56 Å². The van der Waals surface area contributed by atoms with E-state index in [0.717, 1.165) is 22.0 Å². The van der Waals surface area contributed by atoms with Gasteiger partial charge in [-0.1, -0.05) is 30.3 Å². The molecule has 2 aromatic heterocycles. The Kier molecular flexibility index (Phi) is 5.22. The van der Waals surface area contributed by atoms with Crippen LogP contribution in [0.4, 0.5) is 0 Å². The van der Waals surface area contributed by atoms with Crippen molar-refractivity contribution in [3.05, 3.63) is 62.9 Å². The normalized spacial score (nSPS) is 18.8. The maximum atomic E-state index is 13.4. The molecule has 2 aliphatic rings. The molecule has 33 heavy (non-hydrogen) atoms. The number of carbonyl (C=O) groups is 1. The molecule has 4 heterocycles. The van der Waals surface area contributed by atoms with E-state index in [0.29, 0.717) is 17.8 Å². The maximum Gasteiger partial charge on any atom is 0.343 e. The second-order valence-corrected chi connectivity index (χ2v) is 8.12. The average molecular weight is 449 g/mol. The summed E-state index contributed by atoms with van der Waals surface area (Å²) < 4.78 is 6.72. The van der Waals surface area contributed by atoms with Crippen LogP contribution >= 0.6 is 0 Å². The lowest BCUT2D eigenvalue weighted by molar-refractivity contribution is -0.172. The predicted molar refractivity (Wildman–Crippen MR) is 120 cm³/mol. The van der Waals surface area contributed by atoms with Crippen molar-refractivity contribution >= 4 is 23.1 Å². The molecular weight excluding hydrogens is 426 g/mol. The van der Waals surface area contributed by atoms with Gasteiger partial charge in [0.1, 0.15) is 13.2 Å². The van der Waals surface area contributed by atoms with E-state index >= 15 is 0 Å². The molecule has 2 aliphatic heterocycles. The lowest BCUT2D eigenvalue weighted by atomic mass is 9.86. The number of oxime groups is 1.